The van der Waals surface area contributed by atoms with Gasteiger partial charge in [-0.15, -0.1) is 0 Å². The molecule has 0 aliphatic heterocycles. The van der Waals surface area contributed by atoms with E-state index < -0.39 is 11.7 Å². The van der Waals surface area contributed by atoms with E-state index in [1.165, 1.54) is 0 Å². The van der Waals surface area contributed by atoms with Gasteiger partial charge in [-0.25, -0.2) is 9.78 Å². The van der Waals surface area contributed by atoms with Gasteiger partial charge in [0.1, 0.15) is 11.4 Å². The summed E-state index contributed by atoms with van der Waals surface area (Å²) in [5, 5.41) is 10.8. The molecule has 0 saturated heterocycles. The third kappa shape index (κ3) is 6.46. The number of alkyl carbamates (subject to hydrolysis) is 1. The molecule has 0 aliphatic rings. The lowest BCUT2D eigenvalue weighted by Crippen LogP contribution is -2.35. The van der Waals surface area contributed by atoms with E-state index in [0.717, 1.165) is 41.5 Å². The number of H-pyrrole nitrogens is 2. The molecule has 0 bridgehead atoms. The number of benzene rings is 1. The zero-order valence-corrected chi connectivity index (χ0v) is 19.9. The van der Waals surface area contributed by atoms with Crippen molar-refractivity contribution in [2.24, 2.45) is 0 Å². The van der Waals surface area contributed by atoms with Gasteiger partial charge in [-0.2, -0.15) is 0 Å². The Balaban J connectivity index is 1.72. The van der Waals surface area contributed by atoms with Gasteiger partial charge in [0.15, 0.2) is 5.11 Å². The molecule has 1 aromatic carbocycles. The van der Waals surface area contributed by atoms with Crippen molar-refractivity contribution in [2.45, 2.75) is 51.7 Å². The summed E-state index contributed by atoms with van der Waals surface area (Å²) >= 11 is 5.10. The molecule has 9 heteroatoms. The highest BCUT2D eigenvalue weighted by atomic mass is 32.1. The van der Waals surface area contributed by atoms with Crippen molar-refractivity contribution in [1.82, 2.24) is 30.9 Å². The summed E-state index contributed by atoms with van der Waals surface area (Å²) in [6.45, 7) is 6.30. The summed E-state index contributed by atoms with van der Waals surface area (Å²) in [6, 6.07) is 7.83. The molecule has 0 spiro atoms. The number of carbonyl (C=O) groups excluding carboxylic acids is 1. The topological polar surface area (TPSA) is 107 Å². The van der Waals surface area contributed by atoms with Crippen LogP contribution in [0.25, 0.3) is 22.2 Å². The first kappa shape index (κ1) is 23.6. The summed E-state index contributed by atoms with van der Waals surface area (Å²) < 4.78 is 5.47. The molecule has 1 amide bonds. The van der Waals surface area contributed by atoms with Gasteiger partial charge < -0.3 is 30.7 Å². The van der Waals surface area contributed by atoms with E-state index in [1.807, 2.05) is 51.4 Å². The first-order valence-electron chi connectivity index (χ1n) is 10.8. The van der Waals surface area contributed by atoms with Crippen molar-refractivity contribution in [1.29, 1.82) is 0 Å². The van der Waals surface area contributed by atoms with E-state index in [1.54, 1.807) is 7.05 Å². The predicted octanol–water partition coefficient (Wildman–Crippen LogP) is 4.39. The fourth-order valence-electron chi connectivity index (χ4n) is 3.44. The van der Waals surface area contributed by atoms with E-state index >= 15 is 0 Å². The number of unbranched alkanes of at least 4 members (excludes halogenated alkanes) is 1. The highest BCUT2D eigenvalue weighted by Gasteiger charge is 2.22. The van der Waals surface area contributed by atoms with Gasteiger partial charge in [0.2, 0.25) is 0 Å². The van der Waals surface area contributed by atoms with Crippen LogP contribution in [0.2, 0.25) is 0 Å². The minimum Gasteiger partial charge on any atom is -0.444 e. The largest absolute Gasteiger partial charge is 0.444 e. The number of hydrogen-bond donors (Lipinski definition) is 5. The van der Waals surface area contributed by atoms with Gasteiger partial charge in [-0.05, 0) is 58.3 Å². The van der Waals surface area contributed by atoms with Gasteiger partial charge in [0.25, 0.3) is 0 Å². The van der Waals surface area contributed by atoms with Crippen molar-refractivity contribution >= 4 is 34.3 Å². The predicted molar refractivity (Wildman–Crippen MR) is 132 cm³/mol. The maximum absolute atomic E-state index is 12.5. The van der Waals surface area contributed by atoms with Crippen LogP contribution in [0.4, 0.5) is 4.79 Å². The minimum absolute atomic E-state index is 0.292. The number of rotatable bonds is 8. The molecule has 0 fully saturated rings. The number of aromatic nitrogens is 3. The number of nitrogens with zero attached hydrogens (tertiary/aromatic N) is 1. The Morgan fingerprint density at radius 2 is 2.03 bits per heavy atom. The van der Waals surface area contributed by atoms with Crippen LogP contribution in [0.1, 0.15) is 51.9 Å². The standard InChI is InChI=1S/C23H32N6O2S/c1-23(2,3)31-22(30)29-18(11-7-8-12-25-21(32)24-4)20-27-14-19(28-20)16-13-26-17-10-6-5-9-15(16)17/h5-6,9-10,13-14,18,26H,7-8,11-12H2,1-4H3,(H,27,28)(H,29,30)(H2,24,25,32)/t18-/m0/s1. The Bertz CT molecular complexity index is 1050. The lowest BCUT2D eigenvalue weighted by atomic mass is 10.1. The number of amides is 1. The average Bonchev–Trinajstić information content (AvgIpc) is 3.38. The third-order valence-electron chi connectivity index (χ3n) is 4.93. The number of para-hydroxylation sites is 1. The molecule has 32 heavy (non-hydrogen) atoms. The van der Waals surface area contributed by atoms with Crippen LogP contribution in [-0.2, 0) is 4.74 Å². The number of hydrogen-bond acceptors (Lipinski definition) is 4. The Morgan fingerprint density at radius 1 is 1.25 bits per heavy atom. The second-order valence-electron chi connectivity index (χ2n) is 8.63. The number of ether oxygens (including phenoxy) is 1. The fourth-order valence-corrected chi connectivity index (χ4v) is 3.54. The lowest BCUT2D eigenvalue weighted by Gasteiger charge is -2.23. The van der Waals surface area contributed by atoms with Gasteiger partial charge in [0, 0.05) is 36.3 Å². The smallest absolute Gasteiger partial charge is 0.408 e. The number of thiocarbonyl (C=S) groups is 1. The summed E-state index contributed by atoms with van der Waals surface area (Å²) in [5.41, 5.74) is 2.43. The first-order valence-corrected chi connectivity index (χ1v) is 11.2. The zero-order valence-electron chi connectivity index (χ0n) is 19.0. The van der Waals surface area contributed by atoms with Crippen LogP contribution >= 0.6 is 12.2 Å². The summed E-state index contributed by atoms with van der Waals surface area (Å²) in [6.07, 6.45) is 5.82. The maximum atomic E-state index is 12.5. The normalized spacial score (nSPS) is 12.4. The van der Waals surface area contributed by atoms with Crippen molar-refractivity contribution in [2.75, 3.05) is 13.6 Å². The Kier molecular flexibility index (Phi) is 7.74. The number of aromatic amines is 2. The molecule has 3 rings (SSSR count). The number of carbonyl (C=O) groups is 1. The van der Waals surface area contributed by atoms with Crippen LogP contribution in [0.15, 0.2) is 36.7 Å². The molecular weight excluding hydrogens is 424 g/mol. The molecule has 8 nitrogen and oxygen atoms in total. The minimum atomic E-state index is -0.570. The molecule has 0 radical (unpaired) electrons. The van der Waals surface area contributed by atoms with Crippen molar-refractivity contribution in [3.8, 4) is 11.3 Å². The highest BCUT2D eigenvalue weighted by Crippen LogP contribution is 2.28. The molecule has 2 aromatic heterocycles. The van der Waals surface area contributed by atoms with Crippen molar-refractivity contribution in [3.05, 3.63) is 42.5 Å². The monoisotopic (exact) mass is 456 g/mol. The van der Waals surface area contributed by atoms with Crippen molar-refractivity contribution < 1.29 is 9.53 Å². The molecule has 3 aromatic rings. The van der Waals surface area contributed by atoms with E-state index in [2.05, 4.69) is 37.0 Å². The fraction of sp³-hybridized carbons (Fsp3) is 0.435. The van der Waals surface area contributed by atoms with Gasteiger partial charge in [-0.3, -0.25) is 0 Å². The van der Waals surface area contributed by atoms with Gasteiger partial charge in [0.05, 0.1) is 17.9 Å². The lowest BCUT2D eigenvalue weighted by molar-refractivity contribution is 0.0498. The number of fused-ring (bicyclic) bond motifs is 1. The molecule has 0 saturated carbocycles. The molecule has 172 valence electrons. The Morgan fingerprint density at radius 3 is 2.78 bits per heavy atom. The third-order valence-corrected chi connectivity index (χ3v) is 5.28. The van der Waals surface area contributed by atoms with Crippen LogP contribution in [0, 0.1) is 0 Å². The van der Waals surface area contributed by atoms with E-state index in [4.69, 9.17) is 17.0 Å². The SMILES string of the molecule is CNC(=S)NCCCC[C@H](NC(=O)OC(C)(C)C)c1ncc(-c2c[nH]c3ccccc23)[nH]1. The van der Waals surface area contributed by atoms with Crippen molar-refractivity contribution in [3.63, 3.8) is 0 Å². The Labute approximate surface area is 193 Å². The van der Waals surface area contributed by atoms with Gasteiger partial charge in [-0.1, -0.05) is 18.2 Å². The summed E-state index contributed by atoms with van der Waals surface area (Å²) in [5.74, 6) is 0.704. The second kappa shape index (κ2) is 10.5. The number of imidazole rings is 1. The van der Waals surface area contributed by atoms with E-state index in [0.29, 0.717) is 17.4 Å². The van der Waals surface area contributed by atoms with Crippen LogP contribution in [0.3, 0.4) is 0 Å². The first-order chi connectivity index (χ1) is 15.3. The molecule has 2 heterocycles. The van der Waals surface area contributed by atoms with E-state index in [9.17, 15) is 4.79 Å². The molecule has 5 N–H and O–H groups in total. The molecule has 0 unspecified atom stereocenters. The highest BCUT2D eigenvalue weighted by molar-refractivity contribution is 7.80. The summed E-state index contributed by atoms with van der Waals surface area (Å²) in [7, 11) is 1.79. The average molecular weight is 457 g/mol. The van der Waals surface area contributed by atoms with Crippen LogP contribution in [-0.4, -0.2) is 45.4 Å². The molecule has 1 atom stereocenters. The number of nitrogens with one attached hydrogen (secondary N) is 5. The molecular formula is C23H32N6O2S. The zero-order chi connectivity index (χ0) is 23.1. The van der Waals surface area contributed by atoms with Gasteiger partial charge >= 0.3 is 6.09 Å². The van der Waals surface area contributed by atoms with Crippen LogP contribution in [0.5, 0.6) is 0 Å². The van der Waals surface area contributed by atoms with Crippen LogP contribution < -0.4 is 16.0 Å². The maximum Gasteiger partial charge on any atom is 0.408 e. The Hall–Kier alpha value is -3.07. The second-order valence-corrected chi connectivity index (χ2v) is 9.04. The quantitative estimate of drug-likeness (QED) is 0.254. The molecule has 0 aliphatic carbocycles. The van der Waals surface area contributed by atoms with E-state index in [-0.39, 0.29) is 6.04 Å². The summed E-state index contributed by atoms with van der Waals surface area (Å²) in [4.78, 5) is 23.7.